The van der Waals surface area contributed by atoms with Gasteiger partial charge in [0.25, 0.3) is 5.91 Å². The molecule has 1 aliphatic rings. The van der Waals surface area contributed by atoms with Crippen molar-refractivity contribution in [1.29, 1.82) is 0 Å². The van der Waals surface area contributed by atoms with Crippen molar-refractivity contribution in [3.05, 3.63) is 22.4 Å². The minimum Gasteiger partial charge on any atom is -0.386 e. The summed E-state index contributed by atoms with van der Waals surface area (Å²) in [6.45, 7) is 1.03. The normalized spacial score (nSPS) is 24.6. The standard InChI is InChI=1S/C10H13BrN2O3/c11-7-3-8(12-4-7)9(14)13-5-10(15)1-2-16-6-10/h3-4,12,15H,1-2,5-6H2,(H,13,14). The summed E-state index contributed by atoms with van der Waals surface area (Å²) in [7, 11) is 0. The van der Waals surface area contributed by atoms with Gasteiger partial charge >= 0.3 is 0 Å². The lowest BCUT2D eigenvalue weighted by atomic mass is 10.0. The highest BCUT2D eigenvalue weighted by molar-refractivity contribution is 9.10. The Hall–Kier alpha value is -0.850. The second-order valence-electron chi connectivity index (χ2n) is 3.94. The molecule has 1 atom stereocenters. The van der Waals surface area contributed by atoms with Gasteiger partial charge < -0.3 is 20.1 Å². The van der Waals surface area contributed by atoms with Crippen LogP contribution in [0.2, 0.25) is 0 Å². The highest BCUT2D eigenvalue weighted by atomic mass is 79.9. The van der Waals surface area contributed by atoms with Crippen LogP contribution in [-0.4, -0.2) is 41.4 Å². The van der Waals surface area contributed by atoms with E-state index in [-0.39, 0.29) is 19.1 Å². The van der Waals surface area contributed by atoms with Crippen LogP contribution in [0.15, 0.2) is 16.7 Å². The second kappa shape index (κ2) is 4.57. The molecule has 1 amide bonds. The highest BCUT2D eigenvalue weighted by Gasteiger charge is 2.32. The van der Waals surface area contributed by atoms with Gasteiger partial charge in [-0.25, -0.2) is 0 Å². The topological polar surface area (TPSA) is 74.3 Å². The van der Waals surface area contributed by atoms with Crippen molar-refractivity contribution in [3.8, 4) is 0 Å². The van der Waals surface area contributed by atoms with Crippen LogP contribution >= 0.6 is 15.9 Å². The molecule has 0 spiro atoms. The van der Waals surface area contributed by atoms with E-state index in [4.69, 9.17) is 4.74 Å². The molecule has 1 aromatic heterocycles. The van der Waals surface area contributed by atoms with Crippen molar-refractivity contribution in [3.63, 3.8) is 0 Å². The molecule has 2 rings (SSSR count). The molecule has 6 heteroatoms. The van der Waals surface area contributed by atoms with Gasteiger partial charge in [-0.2, -0.15) is 0 Å². The minimum absolute atomic E-state index is 0.211. The third kappa shape index (κ3) is 2.63. The fourth-order valence-electron chi connectivity index (χ4n) is 1.57. The molecule has 0 saturated carbocycles. The largest absolute Gasteiger partial charge is 0.386 e. The molecule has 5 nitrogen and oxygen atoms in total. The van der Waals surface area contributed by atoms with Crippen LogP contribution < -0.4 is 5.32 Å². The third-order valence-corrected chi connectivity index (χ3v) is 3.01. The number of H-pyrrole nitrogens is 1. The van der Waals surface area contributed by atoms with Gasteiger partial charge in [0.05, 0.1) is 6.61 Å². The van der Waals surface area contributed by atoms with Gasteiger partial charge in [-0.15, -0.1) is 0 Å². The van der Waals surface area contributed by atoms with Gasteiger partial charge in [0.2, 0.25) is 0 Å². The van der Waals surface area contributed by atoms with Crippen molar-refractivity contribution in [2.24, 2.45) is 0 Å². The van der Waals surface area contributed by atoms with Crippen LogP contribution in [0.3, 0.4) is 0 Å². The van der Waals surface area contributed by atoms with Crippen LogP contribution in [0, 0.1) is 0 Å². The summed E-state index contributed by atoms with van der Waals surface area (Å²) in [5, 5.41) is 12.6. The van der Waals surface area contributed by atoms with Gasteiger partial charge in [0.15, 0.2) is 0 Å². The Balaban J connectivity index is 1.88. The predicted octanol–water partition coefficient (Wildman–Crippen LogP) is 0.658. The van der Waals surface area contributed by atoms with E-state index >= 15 is 0 Å². The summed E-state index contributed by atoms with van der Waals surface area (Å²) in [6, 6.07) is 1.69. The number of nitrogens with one attached hydrogen (secondary N) is 2. The first kappa shape index (κ1) is 11.6. The number of ether oxygens (including phenoxy) is 1. The molecule has 1 fully saturated rings. The van der Waals surface area contributed by atoms with E-state index in [1.54, 1.807) is 12.3 Å². The van der Waals surface area contributed by atoms with E-state index in [1.807, 2.05) is 0 Å². The van der Waals surface area contributed by atoms with Crippen LogP contribution in [-0.2, 0) is 4.74 Å². The van der Waals surface area contributed by atoms with E-state index in [1.165, 1.54) is 0 Å². The smallest absolute Gasteiger partial charge is 0.267 e. The van der Waals surface area contributed by atoms with Gasteiger partial charge in [-0.1, -0.05) is 0 Å². The third-order valence-electron chi connectivity index (χ3n) is 2.55. The lowest BCUT2D eigenvalue weighted by Crippen LogP contribution is -2.43. The molecule has 0 aliphatic carbocycles. The minimum atomic E-state index is -0.917. The van der Waals surface area contributed by atoms with E-state index in [0.717, 1.165) is 4.47 Å². The van der Waals surface area contributed by atoms with Crippen molar-refractivity contribution in [2.45, 2.75) is 12.0 Å². The molecule has 2 heterocycles. The first-order chi connectivity index (χ1) is 7.59. The number of hydrogen-bond acceptors (Lipinski definition) is 3. The Kier molecular flexibility index (Phi) is 3.32. The Morgan fingerprint density at radius 3 is 3.12 bits per heavy atom. The van der Waals surface area contributed by atoms with Crippen molar-refractivity contribution in [2.75, 3.05) is 19.8 Å². The maximum atomic E-state index is 11.6. The Morgan fingerprint density at radius 2 is 2.56 bits per heavy atom. The monoisotopic (exact) mass is 288 g/mol. The number of rotatable bonds is 3. The molecular formula is C10H13BrN2O3. The maximum absolute atomic E-state index is 11.6. The molecule has 1 unspecified atom stereocenters. The summed E-state index contributed by atoms with van der Waals surface area (Å²) in [4.78, 5) is 14.5. The Labute approximate surface area is 101 Å². The summed E-state index contributed by atoms with van der Waals surface area (Å²) in [5.74, 6) is -0.231. The van der Waals surface area contributed by atoms with E-state index in [9.17, 15) is 9.90 Å². The molecule has 0 bridgehead atoms. The zero-order valence-electron chi connectivity index (χ0n) is 8.62. The molecule has 16 heavy (non-hydrogen) atoms. The zero-order valence-corrected chi connectivity index (χ0v) is 10.2. The van der Waals surface area contributed by atoms with Crippen LogP contribution in [0.5, 0.6) is 0 Å². The summed E-state index contributed by atoms with van der Waals surface area (Å²) < 4.78 is 5.91. The Morgan fingerprint density at radius 1 is 1.75 bits per heavy atom. The van der Waals surface area contributed by atoms with Crippen molar-refractivity contribution >= 4 is 21.8 Å². The molecule has 0 radical (unpaired) electrons. The summed E-state index contributed by atoms with van der Waals surface area (Å²) >= 11 is 3.25. The van der Waals surface area contributed by atoms with Gasteiger partial charge in [0, 0.05) is 30.2 Å². The molecular weight excluding hydrogens is 276 g/mol. The molecule has 1 aliphatic heterocycles. The lowest BCUT2D eigenvalue weighted by Gasteiger charge is -2.20. The number of aromatic amines is 1. The number of aliphatic hydroxyl groups is 1. The summed E-state index contributed by atoms with van der Waals surface area (Å²) in [6.07, 6.45) is 2.24. The van der Waals surface area contributed by atoms with E-state index in [2.05, 4.69) is 26.2 Å². The van der Waals surface area contributed by atoms with Gasteiger partial charge in [-0.3, -0.25) is 4.79 Å². The van der Waals surface area contributed by atoms with Crippen LogP contribution in [0.4, 0.5) is 0 Å². The predicted molar refractivity (Wildman–Crippen MR) is 61.2 cm³/mol. The van der Waals surface area contributed by atoms with E-state index in [0.29, 0.717) is 18.7 Å². The average Bonchev–Trinajstić information content (AvgIpc) is 2.85. The fraction of sp³-hybridized carbons (Fsp3) is 0.500. The molecule has 3 N–H and O–H groups in total. The first-order valence-corrected chi connectivity index (χ1v) is 5.81. The number of halogens is 1. The fourth-order valence-corrected chi connectivity index (χ4v) is 1.92. The number of carbonyl (C=O) groups excluding carboxylic acids is 1. The van der Waals surface area contributed by atoms with Crippen molar-refractivity contribution in [1.82, 2.24) is 10.3 Å². The number of carbonyl (C=O) groups is 1. The number of hydrogen-bond donors (Lipinski definition) is 3. The lowest BCUT2D eigenvalue weighted by molar-refractivity contribution is 0.0264. The first-order valence-electron chi connectivity index (χ1n) is 5.01. The van der Waals surface area contributed by atoms with Gasteiger partial charge in [-0.05, 0) is 22.0 Å². The van der Waals surface area contributed by atoms with E-state index < -0.39 is 5.60 Å². The highest BCUT2D eigenvalue weighted by Crippen LogP contribution is 2.17. The molecule has 88 valence electrons. The molecule has 1 saturated heterocycles. The number of amides is 1. The van der Waals surface area contributed by atoms with Crippen molar-refractivity contribution < 1.29 is 14.6 Å². The number of aromatic nitrogens is 1. The SMILES string of the molecule is O=C(NCC1(O)CCOC1)c1cc(Br)c[nH]1. The van der Waals surface area contributed by atoms with Crippen LogP contribution in [0.25, 0.3) is 0 Å². The average molecular weight is 289 g/mol. The van der Waals surface area contributed by atoms with Gasteiger partial charge in [0.1, 0.15) is 11.3 Å². The zero-order chi connectivity index (χ0) is 11.6. The Bertz CT molecular complexity index is 385. The van der Waals surface area contributed by atoms with Crippen LogP contribution in [0.1, 0.15) is 16.9 Å². The molecule has 0 aromatic carbocycles. The maximum Gasteiger partial charge on any atom is 0.267 e. The quantitative estimate of drug-likeness (QED) is 0.765. The molecule has 1 aromatic rings. The second-order valence-corrected chi connectivity index (χ2v) is 4.86. The summed E-state index contributed by atoms with van der Waals surface area (Å²) in [5.41, 5.74) is -0.450.